The van der Waals surface area contributed by atoms with Gasteiger partial charge in [-0.3, -0.25) is 4.72 Å². The second-order valence-electron chi connectivity index (χ2n) is 3.96. The van der Waals surface area contributed by atoms with Gasteiger partial charge in [-0.1, -0.05) is 5.16 Å². The molecule has 3 N–H and O–H groups in total. The summed E-state index contributed by atoms with van der Waals surface area (Å²) in [5.41, 5.74) is 5.41. The molecule has 0 bridgehead atoms. The first-order valence-corrected chi connectivity index (χ1v) is 6.91. The van der Waals surface area contributed by atoms with Crippen LogP contribution in [0.5, 0.6) is 5.75 Å². The Morgan fingerprint density at radius 1 is 1.40 bits per heavy atom. The number of hydrogen-bond donors (Lipinski definition) is 2. The summed E-state index contributed by atoms with van der Waals surface area (Å²) in [6, 6.07) is 3.29. The van der Waals surface area contributed by atoms with Crippen molar-refractivity contribution in [2.24, 2.45) is 0 Å². The lowest BCUT2D eigenvalue weighted by atomic mass is 10.3. The Kier molecular flexibility index (Phi) is 3.53. The second kappa shape index (κ2) is 5.00. The highest BCUT2D eigenvalue weighted by atomic mass is 32.2. The molecule has 20 heavy (non-hydrogen) atoms. The maximum Gasteiger partial charge on any atom is 0.263 e. The van der Waals surface area contributed by atoms with Gasteiger partial charge in [0.25, 0.3) is 10.0 Å². The molecule has 1 aromatic heterocycles. The molecule has 0 aliphatic carbocycles. The largest absolute Gasteiger partial charge is 0.492 e. The molecule has 9 heteroatoms. The molecule has 0 aliphatic rings. The number of nitrogens with one attached hydrogen (secondary N) is 1. The van der Waals surface area contributed by atoms with Crippen molar-refractivity contribution in [1.82, 2.24) is 5.16 Å². The zero-order valence-corrected chi connectivity index (χ0v) is 11.5. The molecule has 0 spiro atoms. The van der Waals surface area contributed by atoms with Crippen LogP contribution in [0.1, 0.15) is 5.76 Å². The van der Waals surface area contributed by atoms with Crippen LogP contribution in [-0.2, 0) is 10.0 Å². The van der Waals surface area contributed by atoms with Gasteiger partial charge in [-0.2, -0.15) is 0 Å². The van der Waals surface area contributed by atoms with Gasteiger partial charge in [0, 0.05) is 6.07 Å². The maximum absolute atomic E-state index is 13.7. The molecule has 1 aromatic carbocycles. The van der Waals surface area contributed by atoms with E-state index in [1.165, 1.54) is 13.2 Å². The fourth-order valence-corrected chi connectivity index (χ4v) is 2.60. The van der Waals surface area contributed by atoms with Crippen molar-refractivity contribution in [3.05, 3.63) is 29.8 Å². The summed E-state index contributed by atoms with van der Waals surface area (Å²) in [5, 5.41) is 3.49. The highest BCUT2D eigenvalue weighted by Crippen LogP contribution is 2.29. The molecule has 1 heterocycles. The number of methoxy groups -OCH3 is 1. The quantitative estimate of drug-likeness (QED) is 0.829. The van der Waals surface area contributed by atoms with E-state index in [9.17, 15) is 12.8 Å². The molecule has 0 saturated carbocycles. The third kappa shape index (κ3) is 2.67. The standard InChI is InChI=1S/C11H12FN3O4S/c1-6-3-10(14-19-6)15-20(16,17)7-4-8(12)11(18-2)9(13)5-7/h3-5H,13H2,1-2H3,(H,14,15). The first-order valence-electron chi connectivity index (χ1n) is 5.42. The lowest BCUT2D eigenvalue weighted by Crippen LogP contribution is -2.14. The molecule has 0 fully saturated rings. The minimum atomic E-state index is -4.02. The molecule has 0 radical (unpaired) electrons. The Morgan fingerprint density at radius 2 is 2.10 bits per heavy atom. The van der Waals surface area contributed by atoms with Gasteiger partial charge in [-0.05, 0) is 19.1 Å². The molecule has 0 unspecified atom stereocenters. The Labute approximate surface area is 114 Å². The van der Waals surface area contributed by atoms with Crippen molar-refractivity contribution in [2.75, 3.05) is 17.6 Å². The highest BCUT2D eigenvalue weighted by molar-refractivity contribution is 7.92. The Hall–Kier alpha value is -2.29. The van der Waals surface area contributed by atoms with Crippen LogP contribution in [-0.4, -0.2) is 20.7 Å². The van der Waals surface area contributed by atoms with Gasteiger partial charge in [-0.25, -0.2) is 12.8 Å². The van der Waals surface area contributed by atoms with Crippen LogP contribution in [0, 0.1) is 12.7 Å². The average molecular weight is 301 g/mol. The van der Waals surface area contributed by atoms with Crippen molar-refractivity contribution in [1.29, 1.82) is 0 Å². The number of rotatable bonds is 4. The Balaban J connectivity index is 2.39. The van der Waals surface area contributed by atoms with E-state index < -0.39 is 15.8 Å². The number of halogens is 1. The number of nitrogens with zero attached hydrogens (tertiary/aromatic N) is 1. The molecule has 2 aromatic rings. The normalized spacial score (nSPS) is 11.3. The van der Waals surface area contributed by atoms with Gasteiger partial charge in [0.05, 0.1) is 17.7 Å². The van der Waals surface area contributed by atoms with Gasteiger partial charge >= 0.3 is 0 Å². The number of nitrogen functional groups attached to an aromatic ring is 1. The second-order valence-corrected chi connectivity index (χ2v) is 5.64. The summed E-state index contributed by atoms with van der Waals surface area (Å²) >= 11 is 0. The van der Waals surface area contributed by atoms with Gasteiger partial charge in [-0.15, -0.1) is 0 Å². The SMILES string of the molecule is COc1c(N)cc(S(=O)(=O)Nc2cc(C)on2)cc1F. The van der Waals surface area contributed by atoms with E-state index in [-0.39, 0.29) is 22.2 Å². The fraction of sp³-hybridized carbons (Fsp3) is 0.182. The van der Waals surface area contributed by atoms with Crippen LogP contribution < -0.4 is 15.2 Å². The number of aromatic nitrogens is 1. The van der Waals surface area contributed by atoms with Crippen molar-refractivity contribution < 1.29 is 22.1 Å². The van der Waals surface area contributed by atoms with E-state index >= 15 is 0 Å². The minimum absolute atomic E-state index is 0.00250. The molecule has 7 nitrogen and oxygen atoms in total. The minimum Gasteiger partial charge on any atom is -0.492 e. The Morgan fingerprint density at radius 3 is 2.60 bits per heavy atom. The predicted molar refractivity (Wildman–Crippen MR) is 69.4 cm³/mol. The smallest absolute Gasteiger partial charge is 0.263 e. The molecule has 108 valence electrons. The summed E-state index contributed by atoms with van der Waals surface area (Å²) < 4.78 is 49.4. The van der Waals surface area contributed by atoms with Crippen LogP contribution in [0.3, 0.4) is 0 Å². The van der Waals surface area contributed by atoms with E-state index in [1.54, 1.807) is 6.92 Å². The summed E-state index contributed by atoms with van der Waals surface area (Å²) in [6.07, 6.45) is 0. The number of aryl methyl sites for hydroxylation is 1. The number of hydrogen-bond acceptors (Lipinski definition) is 6. The maximum atomic E-state index is 13.7. The van der Waals surface area contributed by atoms with Crippen molar-refractivity contribution in [3.8, 4) is 5.75 Å². The van der Waals surface area contributed by atoms with Crippen LogP contribution in [0.25, 0.3) is 0 Å². The number of benzene rings is 1. The summed E-state index contributed by atoms with van der Waals surface area (Å²) in [7, 11) is -2.78. The summed E-state index contributed by atoms with van der Waals surface area (Å²) in [4.78, 5) is -0.339. The number of ether oxygens (including phenoxy) is 1. The van der Waals surface area contributed by atoms with E-state index in [1.807, 2.05) is 0 Å². The molecule has 0 saturated heterocycles. The third-order valence-electron chi connectivity index (χ3n) is 2.43. The average Bonchev–Trinajstić information content (AvgIpc) is 2.73. The Bertz CT molecular complexity index is 719. The van der Waals surface area contributed by atoms with Crippen LogP contribution in [0.2, 0.25) is 0 Å². The molecular weight excluding hydrogens is 289 g/mol. The molecule has 0 aliphatic heterocycles. The lowest BCUT2D eigenvalue weighted by molar-refractivity contribution is 0.388. The van der Waals surface area contributed by atoms with Gasteiger partial charge in [0.1, 0.15) is 5.76 Å². The van der Waals surface area contributed by atoms with Gasteiger partial charge < -0.3 is 15.0 Å². The lowest BCUT2D eigenvalue weighted by Gasteiger charge is -2.09. The van der Waals surface area contributed by atoms with E-state index in [0.717, 1.165) is 12.1 Å². The van der Waals surface area contributed by atoms with Gasteiger partial charge in [0.15, 0.2) is 17.4 Å². The fourth-order valence-electron chi connectivity index (χ4n) is 1.57. The van der Waals surface area contributed by atoms with Crippen LogP contribution in [0.15, 0.2) is 27.6 Å². The zero-order valence-electron chi connectivity index (χ0n) is 10.7. The van der Waals surface area contributed by atoms with Crippen molar-refractivity contribution >= 4 is 21.5 Å². The first-order chi connectivity index (χ1) is 9.33. The number of anilines is 2. The monoisotopic (exact) mass is 301 g/mol. The molecular formula is C11H12FN3O4S. The van der Waals surface area contributed by atoms with E-state index in [4.69, 9.17) is 15.0 Å². The first kappa shape index (κ1) is 14.1. The van der Waals surface area contributed by atoms with Crippen LogP contribution >= 0.6 is 0 Å². The topological polar surface area (TPSA) is 107 Å². The predicted octanol–water partition coefficient (Wildman–Crippen LogP) is 1.51. The van der Waals surface area contributed by atoms with Gasteiger partial charge in [0.2, 0.25) is 0 Å². The molecule has 0 amide bonds. The number of nitrogens with two attached hydrogens (primary N) is 1. The molecule has 2 rings (SSSR count). The third-order valence-corrected chi connectivity index (χ3v) is 3.76. The summed E-state index contributed by atoms with van der Waals surface area (Å²) in [6.45, 7) is 1.61. The molecule has 0 atom stereocenters. The van der Waals surface area contributed by atoms with E-state index in [0.29, 0.717) is 5.76 Å². The summed E-state index contributed by atoms with van der Waals surface area (Å²) in [5.74, 6) is -0.647. The van der Waals surface area contributed by atoms with Crippen LogP contribution in [0.4, 0.5) is 15.9 Å². The zero-order chi connectivity index (χ0) is 14.9. The highest BCUT2D eigenvalue weighted by Gasteiger charge is 2.20. The number of sulfonamides is 1. The van der Waals surface area contributed by atoms with Crippen molar-refractivity contribution in [3.63, 3.8) is 0 Å². The van der Waals surface area contributed by atoms with E-state index in [2.05, 4.69) is 9.88 Å². The van der Waals surface area contributed by atoms with Crippen molar-refractivity contribution in [2.45, 2.75) is 11.8 Å².